The molecule has 0 fully saturated rings. The van der Waals surface area contributed by atoms with Crippen molar-refractivity contribution in [3.63, 3.8) is 0 Å². The van der Waals surface area contributed by atoms with Crippen LogP contribution >= 0.6 is 0 Å². The smallest absolute Gasteiger partial charge is 0.126 e. The van der Waals surface area contributed by atoms with E-state index in [2.05, 4.69) is 31.2 Å². The lowest BCUT2D eigenvalue weighted by Gasteiger charge is -2.08. The van der Waals surface area contributed by atoms with E-state index in [-0.39, 0.29) is 0 Å². The molecule has 0 aliphatic rings. The minimum Gasteiger partial charge on any atom is -0.467 e. The quantitative estimate of drug-likeness (QED) is 0.863. The van der Waals surface area contributed by atoms with E-state index in [0.717, 1.165) is 30.1 Å². The first-order valence-corrected chi connectivity index (χ1v) is 6.04. The number of hydrogen-bond acceptors (Lipinski definition) is 3. The normalized spacial score (nSPS) is 11.3. The molecule has 0 bridgehead atoms. The van der Waals surface area contributed by atoms with Crippen LogP contribution in [-0.4, -0.2) is 15.8 Å². The van der Waals surface area contributed by atoms with Gasteiger partial charge in [-0.1, -0.05) is 13.8 Å². The number of aryl methyl sites for hydroxylation is 1. The van der Waals surface area contributed by atoms with Gasteiger partial charge < -0.3 is 9.73 Å². The van der Waals surface area contributed by atoms with Crippen LogP contribution in [0.4, 0.5) is 0 Å². The van der Waals surface area contributed by atoms with Gasteiger partial charge in [-0.05, 0) is 19.1 Å². The standard InChI is InChI=1S/C13H19N3O/c1-4-16-12(5-7-15-16)11-6-8-17-13(11)9-14-10(2)3/h5-8,10,14H,4,9H2,1-3H3. The van der Waals surface area contributed by atoms with E-state index >= 15 is 0 Å². The molecule has 0 saturated carbocycles. The summed E-state index contributed by atoms with van der Waals surface area (Å²) >= 11 is 0. The van der Waals surface area contributed by atoms with Gasteiger partial charge in [-0.25, -0.2) is 0 Å². The average molecular weight is 233 g/mol. The second-order valence-corrected chi connectivity index (χ2v) is 4.33. The van der Waals surface area contributed by atoms with Crippen molar-refractivity contribution in [2.24, 2.45) is 0 Å². The first-order valence-electron chi connectivity index (χ1n) is 6.04. The first-order chi connectivity index (χ1) is 8.22. The molecular weight excluding hydrogens is 214 g/mol. The van der Waals surface area contributed by atoms with Crippen LogP contribution in [-0.2, 0) is 13.1 Å². The Kier molecular flexibility index (Phi) is 3.64. The van der Waals surface area contributed by atoms with Crippen LogP contribution in [0.2, 0.25) is 0 Å². The highest BCUT2D eigenvalue weighted by atomic mass is 16.3. The van der Waals surface area contributed by atoms with Crippen LogP contribution in [0.25, 0.3) is 11.3 Å². The number of nitrogens with one attached hydrogen (secondary N) is 1. The molecule has 0 atom stereocenters. The summed E-state index contributed by atoms with van der Waals surface area (Å²) in [7, 11) is 0. The third-order valence-electron chi connectivity index (χ3n) is 2.71. The molecule has 0 unspecified atom stereocenters. The summed E-state index contributed by atoms with van der Waals surface area (Å²) in [6.07, 6.45) is 3.56. The van der Waals surface area contributed by atoms with E-state index < -0.39 is 0 Å². The van der Waals surface area contributed by atoms with E-state index in [1.807, 2.05) is 23.0 Å². The van der Waals surface area contributed by atoms with Crippen molar-refractivity contribution in [1.29, 1.82) is 0 Å². The van der Waals surface area contributed by atoms with Crippen molar-refractivity contribution in [3.8, 4) is 11.3 Å². The minimum atomic E-state index is 0.448. The number of nitrogens with zero attached hydrogens (tertiary/aromatic N) is 2. The van der Waals surface area contributed by atoms with Gasteiger partial charge in [0.1, 0.15) is 5.76 Å². The molecule has 2 aromatic rings. The molecule has 0 aliphatic heterocycles. The molecule has 0 aliphatic carbocycles. The Morgan fingerprint density at radius 1 is 1.41 bits per heavy atom. The summed E-state index contributed by atoms with van der Waals surface area (Å²) in [5.41, 5.74) is 2.24. The zero-order chi connectivity index (χ0) is 12.3. The van der Waals surface area contributed by atoms with E-state index in [9.17, 15) is 0 Å². The molecule has 4 nitrogen and oxygen atoms in total. The van der Waals surface area contributed by atoms with Crippen LogP contribution < -0.4 is 5.32 Å². The maximum Gasteiger partial charge on any atom is 0.126 e. The van der Waals surface area contributed by atoms with E-state index in [0.29, 0.717) is 6.04 Å². The first kappa shape index (κ1) is 11.9. The van der Waals surface area contributed by atoms with Gasteiger partial charge >= 0.3 is 0 Å². The maximum atomic E-state index is 5.53. The molecular formula is C13H19N3O. The molecule has 0 radical (unpaired) electrons. The Hall–Kier alpha value is -1.55. The molecule has 4 heteroatoms. The SMILES string of the molecule is CCn1nccc1-c1ccoc1CNC(C)C. The van der Waals surface area contributed by atoms with Crippen molar-refractivity contribution in [3.05, 3.63) is 30.4 Å². The zero-order valence-corrected chi connectivity index (χ0v) is 10.6. The molecule has 0 amide bonds. The predicted octanol–water partition coefficient (Wildman–Crippen LogP) is 2.66. The fourth-order valence-electron chi connectivity index (χ4n) is 1.82. The number of hydrogen-bond donors (Lipinski definition) is 1. The lowest BCUT2D eigenvalue weighted by atomic mass is 10.1. The maximum absolute atomic E-state index is 5.53. The topological polar surface area (TPSA) is 43.0 Å². The van der Waals surface area contributed by atoms with Crippen LogP contribution in [0.3, 0.4) is 0 Å². The summed E-state index contributed by atoms with van der Waals surface area (Å²) in [6, 6.07) is 4.47. The summed E-state index contributed by atoms with van der Waals surface area (Å²) in [4.78, 5) is 0. The fraction of sp³-hybridized carbons (Fsp3) is 0.462. The Labute approximate surface area is 102 Å². The molecule has 1 N–H and O–H groups in total. The number of furan rings is 1. The highest BCUT2D eigenvalue weighted by Crippen LogP contribution is 2.24. The molecule has 2 heterocycles. The lowest BCUT2D eigenvalue weighted by Crippen LogP contribution is -2.21. The third-order valence-corrected chi connectivity index (χ3v) is 2.71. The van der Waals surface area contributed by atoms with Gasteiger partial charge in [0.2, 0.25) is 0 Å². The zero-order valence-electron chi connectivity index (χ0n) is 10.6. The van der Waals surface area contributed by atoms with Crippen molar-refractivity contribution in [2.75, 3.05) is 0 Å². The second kappa shape index (κ2) is 5.19. The highest BCUT2D eigenvalue weighted by molar-refractivity contribution is 5.61. The number of rotatable bonds is 5. The van der Waals surface area contributed by atoms with Crippen LogP contribution in [0.15, 0.2) is 29.0 Å². The minimum absolute atomic E-state index is 0.448. The van der Waals surface area contributed by atoms with Crippen LogP contribution in [0, 0.1) is 0 Å². The van der Waals surface area contributed by atoms with Crippen molar-refractivity contribution < 1.29 is 4.42 Å². The molecule has 92 valence electrons. The largest absolute Gasteiger partial charge is 0.467 e. The third kappa shape index (κ3) is 2.58. The summed E-state index contributed by atoms with van der Waals surface area (Å²) < 4.78 is 7.51. The van der Waals surface area contributed by atoms with E-state index in [1.54, 1.807) is 6.26 Å². The molecule has 2 rings (SSSR count). The summed E-state index contributed by atoms with van der Waals surface area (Å²) in [6.45, 7) is 7.94. The number of aromatic nitrogens is 2. The van der Waals surface area contributed by atoms with E-state index in [4.69, 9.17) is 4.42 Å². The van der Waals surface area contributed by atoms with Crippen molar-refractivity contribution in [1.82, 2.24) is 15.1 Å². The Balaban J connectivity index is 2.24. The van der Waals surface area contributed by atoms with Crippen molar-refractivity contribution >= 4 is 0 Å². The van der Waals surface area contributed by atoms with Gasteiger partial charge in [-0.3, -0.25) is 4.68 Å². The Morgan fingerprint density at radius 3 is 2.94 bits per heavy atom. The second-order valence-electron chi connectivity index (χ2n) is 4.33. The van der Waals surface area contributed by atoms with Gasteiger partial charge in [0.25, 0.3) is 0 Å². The molecule has 0 aromatic carbocycles. The van der Waals surface area contributed by atoms with Gasteiger partial charge in [-0.2, -0.15) is 5.10 Å². The molecule has 2 aromatic heterocycles. The van der Waals surface area contributed by atoms with E-state index in [1.165, 1.54) is 0 Å². The molecule has 17 heavy (non-hydrogen) atoms. The summed E-state index contributed by atoms with van der Waals surface area (Å²) in [5.74, 6) is 0.967. The molecule has 0 saturated heterocycles. The fourth-order valence-corrected chi connectivity index (χ4v) is 1.82. The Bertz CT molecular complexity index is 470. The van der Waals surface area contributed by atoms with Crippen LogP contribution in [0.1, 0.15) is 26.5 Å². The highest BCUT2D eigenvalue weighted by Gasteiger charge is 2.12. The van der Waals surface area contributed by atoms with Gasteiger partial charge in [0, 0.05) is 24.3 Å². The van der Waals surface area contributed by atoms with Gasteiger partial charge in [-0.15, -0.1) is 0 Å². The van der Waals surface area contributed by atoms with Crippen LogP contribution in [0.5, 0.6) is 0 Å². The van der Waals surface area contributed by atoms with Crippen molar-refractivity contribution in [2.45, 2.75) is 39.9 Å². The van der Waals surface area contributed by atoms with Gasteiger partial charge in [0.05, 0.1) is 18.5 Å². The average Bonchev–Trinajstić information content (AvgIpc) is 2.93. The lowest BCUT2D eigenvalue weighted by molar-refractivity contribution is 0.465. The van der Waals surface area contributed by atoms with Gasteiger partial charge in [0.15, 0.2) is 0 Å². The molecule has 0 spiro atoms. The monoisotopic (exact) mass is 233 g/mol. The predicted molar refractivity (Wildman–Crippen MR) is 67.6 cm³/mol. The Morgan fingerprint density at radius 2 is 2.24 bits per heavy atom. The summed E-state index contributed by atoms with van der Waals surface area (Å²) in [5, 5.41) is 7.65.